The lowest BCUT2D eigenvalue weighted by molar-refractivity contribution is 0.0987. The monoisotopic (exact) mass is 329 g/mol. The summed E-state index contributed by atoms with van der Waals surface area (Å²) < 4.78 is 19.7. The van der Waals surface area contributed by atoms with Crippen LogP contribution in [0, 0.1) is 5.82 Å². The summed E-state index contributed by atoms with van der Waals surface area (Å²) in [6.45, 7) is 4.40. The summed E-state index contributed by atoms with van der Waals surface area (Å²) in [5.41, 5.74) is 1.92. The van der Waals surface area contributed by atoms with Crippen LogP contribution in [-0.2, 0) is 4.74 Å². The highest BCUT2D eigenvalue weighted by atomic mass is 32.1. The SMILES string of the molecule is CC1COCCN1c1ncnc2cc(-c3ccc(F)cc3)sc12. The summed E-state index contributed by atoms with van der Waals surface area (Å²) >= 11 is 1.65. The molecule has 0 radical (unpaired) electrons. The van der Waals surface area contributed by atoms with E-state index in [1.807, 2.05) is 6.07 Å². The van der Waals surface area contributed by atoms with E-state index < -0.39 is 0 Å². The molecule has 1 aliphatic rings. The highest BCUT2D eigenvalue weighted by molar-refractivity contribution is 7.22. The quantitative estimate of drug-likeness (QED) is 0.718. The van der Waals surface area contributed by atoms with Crippen LogP contribution in [0.5, 0.6) is 0 Å². The fourth-order valence-corrected chi connectivity index (χ4v) is 3.97. The van der Waals surface area contributed by atoms with Crippen LogP contribution < -0.4 is 4.90 Å². The molecule has 4 nitrogen and oxygen atoms in total. The Hall–Kier alpha value is -2.05. The van der Waals surface area contributed by atoms with Gasteiger partial charge in [-0.25, -0.2) is 14.4 Å². The predicted octanol–water partition coefficient (Wildman–Crippen LogP) is 3.72. The van der Waals surface area contributed by atoms with E-state index in [1.165, 1.54) is 12.1 Å². The number of morpholine rings is 1. The van der Waals surface area contributed by atoms with Gasteiger partial charge >= 0.3 is 0 Å². The van der Waals surface area contributed by atoms with Crippen LogP contribution in [0.15, 0.2) is 36.7 Å². The van der Waals surface area contributed by atoms with Gasteiger partial charge in [0.05, 0.1) is 29.5 Å². The molecule has 1 unspecified atom stereocenters. The summed E-state index contributed by atoms with van der Waals surface area (Å²) in [7, 11) is 0. The average molecular weight is 329 g/mol. The lowest BCUT2D eigenvalue weighted by Gasteiger charge is -2.34. The molecule has 1 atom stereocenters. The van der Waals surface area contributed by atoms with Gasteiger partial charge in [0.15, 0.2) is 0 Å². The summed E-state index contributed by atoms with van der Waals surface area (Å²) in [5.74, 6) is 0.738. The minimum atomic E-state index is -0.225. The zero-order valence-corrected chi connectivity index (χ0v) is 13.5. The molecule has 2 aromatic heterocycles. The third kappa shape index (κ3) is 2.68. The number of fused-ring (bicyclic) bond motifs is 1. The second-order valence-electron chi connectivity index (χ2n) is 5.65. The molecule has 23 heavy (non-hydrogen) atoms. The molecule has 0 N–H and O–H groups in total. The van der Waals surface area contributed by atoms with Crippen molar-refractivity contribution in [3.05, 3.63) is 42.5 Å². The average Bonchev–Trinajstić information content (AvgIpc) is 3.00. The molecule has 1 fully saturated rings. The van der Waals surface area contributed by atoms with Gasteiger partial charge in [-0.1, -0.05) is 12.1 Å². The molecule has 1 saturated heterocycles. The van der Waals surface area contributed by atoms with Crippen LogP contribution in [0.1, 0.15) is 6.92 Å². The number of benzene rings is 1. The van der Waals surface area contributed by atoms with Gasteiger partial charge in [-0.05, 0) is 30.7 Å². The van der Waals surface area contributed by atoms with E-state index >= 15 is 0 Å². The zero-order chi connectivity index (χ0) is 15.8. The molecule has 3 aromatic rings. The van der Waals surface area contributed by atoms with Crippen LogP contribution in [0.2, 0.25) is 0 Å². The number of anilines is 1. The normalized spacial score (nSPS) is 18.5. The van der Waals surface area contributed by atoms with Gasteiger partial charge in [0.2, 0.25) is 0 Å². The Kier molecular flexibility index (Phi) is 3.71. The molecular formula is C17H16FN3OS. The smallest absolute Gasteiger partial charge is 0.150 e. The third-order valence-corrected chi connectivity index (χ3v) is 5.23. The molecule has 0 saturated carbocycles. The Bertz CT molecular complexity index is 833. The number of thiophene rings is 1. The largest absolute Gasteiger partial charge is 0.377 e. The fraction of sp³-hybridized carbons (Fsp3) is 0.294. The van der Waals surface area contributed by atoms with E-state index in [0.717, 1.165) is 33.0 Å². The molecule has 1 aromatic carbocycles. The summed E-state index contributed by atoms with van der Waals surface area (Å²) in [6, 6.07) is 8.89. The zero-order valence-electron chi connectivity index (χ0n) is 12.7. The van der Waals surface area contributed by atoms with Crippen molar-refractivity contribution in [1.82, 2.24) is 9.97 Å². The van der Waals surface area contributed by atoms with E-state index in [1.54, 1.807) is 29.8 Å². The maximum absolute atomic E-state index is 13.1. The van der Waals surface area contributed by atoms with E-state index in [-0.39, 0.29) is 5.82 Å². The van der Waals surface area contributed by atoms with Gasteiger partial charge in [0, 0.05) is 11.4 Å². The number of aromatic nitrogens is 2. The summed E-state index contributed by atoms with van der Waals surface area (Å²) in [6.07, 6.45) is 1.61. The topological polar surface area (TPSA) is 38.2 Å². The van der Waals surface area contributed by atoms with Crippen molar-refractivity contribution < 1.29 is 9.13 Å². The van der Waals surface area contributed by atoms with Crippen molar-refractivity contribution in [1.29, 1.82) is 0 Å². The number of hydrogen-bond acceptors (Lipinski definition) is 5. The van der Waals surface area contributed by atoms with Crippen molar-refractivity contribution in [3.63, 3.8) is 0 Å². The summed E-state index contributed by atoms with van der Waals surface area (Å²) in [5, 5.41) is 0. The van der Waals surface area contributed by atoms with Crippen molar-refractivity contribution in [2.75, 3.05) is 24.7 Å². The molecule has 118 valence electrons. The molecule has 4 rings (SSSR count). The standard InChI is InChI=1S/C17H16FN3OS/c1-11-9-22-7-6-21(11)17-16-14(19-10-20-17)8-15(23-16)12-2-4-13(18)5-3-12/h2-5,8,10-11H,6-7,9H2,1H3. The molecule has 6 heteroatoms. The fourth-order valence-electron chi connectivity index (χ4n) is 2.84. The Labute approximate surface area is 137 Å². The van der Waals surface area contributed by atoms with E-state index in [0.29, 0.717) is 19.3 Å². The molecule has 1 aliphatic heterocycles. The number of nitrogens with zero attached hydrogens (tertiary/aromatic N) is 3. The molecule has 0 bridgehead atoms. The predicted molar refractivity (Wildman–Crippen MR) is 90.4 cm³/mol. The lowest BCUT2D eigenvalue weighted by Crippen LogP contribution is -2.44. The first kappa shape index (κ1) is 14.5. The van der Waals surface area contributed by atoms with E-state index in [4.69, 9.17) is 4.74 Å². The van der Waals surface area contributed by atoms with E-state index in [9.17, 15) is 4.39 Å². The summed E-state index contributed by atoms with van der Waals surface area (Å²) in [4.78, 5) is 12.3. The first-order valence-electron chi connectivity index (χ1n) is 7.57. The van der Waals surface area contributed by atoms with Crippen LogP contribution in [-0.4, -0.2) is 35.8 Å². The van der Waals surface area contributed by atoms with Gasteiger partial charge in [0.25, 0.3) is 0 Å². The van der Waals surface area contributed by atoms with Crippen molar-refractivity contribution in [2.24, 2.45) is 0 Å². The first-order valence-corrected chi connectivity index (χ1v) is 8.39. The highest BCUT2D eigenvalue weighted by Gasteiger charge is 2.23. The number of halogens is 1. The minimum Gasteiger partial charge on any atom is -0.377 e. The molecule has 0 aliphatic carbocycles. The lowest BCUT2D eigenvalue weighted by atomic mass is 10.2. The second-order valence-corrected chi connectivity index (χ2v) is 6.70. The Morgan fingerprint density at radius 3 is 2.87 bits per heavy atom. The van der Waals surface area contributed by atoms with Gasteiger partial charge in [-0.3, -0.25) is 0 Å². The number of hydrogen-bond donors (Lipinski definition) is 0. The molecule has 0 spiro atoms. The maximum Gasteiger partial charge on any atom is 0.150 e. The maximum atomic E-state index is 13.1. The van der Waals surface area contributed by atoms with Crippen molar-refractivity contribution in [3.8, 4) is 10.4 Å². The van der Waals surface area contributed by atoms with Crippen LogP contribution in [0.4, 0.5) is 10.2 Å². The molecule has 0 amide bonds. The van der Waals surface area contributed by atoms with Gasteiger partial charge in [-0.2, -0.15) is 0 Å². The number of rotatable bonds is 2. The van der Waals surface area contributed by atoms with E-state index in [2.05, 4.69) is 21.8 Å². The van der Waals surface area contributed by atoms with Gasteiger partial charge in [-0.15, -0.1) is 11.3 Å². The Balaban J connectivity index is 1.79. The van der Waals surface area contributed by atoms with Gasteiger partial charge in [0.1, 0.15) is 18.0 Å². The first-order chi connectivity index (χ1) is 11.2. The molecule has 3 heterocycles. The molecular weight excluding hydrogens is 313 g/mol. The Morgan fingerprint density at radius 2 is 2.09 bits per heavy atom. The van der Waals surface area contributed by atoms with Crippen molar-refractivity contribution >= 4 is 27.4 Å². The minimum absolute atomic E-state index is 0.225. The Morgan fingerprint density at radius 1 is 1.26 bits per heavy atom. The highest BCUT2D eigenvalue weighted by Crippen LogP contribution is 2.37. The second kappa shape index (κ2) is 5.86. The van der Waals surface area contributed by atoms with Crippen LogP contribution in [0.25, 0.3) is 20.7 Å². The van der Waals surface area contributed by atoms with Crippen molar-refractivity contribution in [2.45, 2.75) is 13.0 Å². The van der Waals surface area contributed by atoms with Gasteiger partial charge < -0.3 is 9.64 Å². The van der Waals surface area contributed by atoms with Crippen LogP contribution >= 0.6 is 11.3 Å². The number of ether oxygens (including phenoxy) is 1. The van der Waals surface area contributed by atoms with Crippen LogP contribution in [0.3, 0.4) is 0 Å². The third-order valence-electron chi connectivity index (χ3n) is 4.06.